The van der Waals surface area contributed by atoms with Crippen molar-refractivity contribution >= 4 is 12.0 Å². The molecule has 0 bridgehead atoms. The Balaban J connectivity index is 3.35. The molecule has 7 nitrogen and oxygen atoms in total. The zero-order valence-electron chi connectivity index (χ0n) is 11.0. The summed E-state index contributed by atoms with van der Waals surface area (Å²) in [5.74, 6) is -0.492. The number of carbonyl (C=O) groups is 1. The van der Waals surface area contributed by atoms with Crippen LogP contribution in [0.15, 0.2) is 17.3 Å². The highest BCUT2D eigenvalue weighted by Gasteiger charge is 2.12. The third-order valence-corrected chi connectivity index (χ3v) is 2.26. The third-order valence-electron chi connectivity index (χ3n) is 2.26. The molecule has 0 saturated carbocycles. The molecule has 0 atom stereocenters. The Morgan fingerprint density at radius 3 is 2.84 bits per heavy atom. The second-order valence-corrected chi connectivity index (χ2v) is 3.91. The van der Waals surface area contributed by atoms with E-state index in [9.17, 15) is 9.59 Å². The lowest BCUT2D eigenvalue weighted by Crippen LogP contribution is -2.22. The molecule has 1 aromatic rings. The van der Waals surface area contributed by atoms with Crippen LogP contribution in [0.2, 0.25) is 0 Å². The Bertz CT molecular complexity index is 596. The fourth-order valence-electron chi connectivity index (χ4n) is 1.34. The van der Waals surface area contributed by atoms with Crippen molar-refractivity contribution in [3.63, 3.8) is 0 Å². The summed E-state index contributed by atoms with van der Waals surface area (Å²) in [5, 5.41) is 9.01. The first kappa shape index (κ1) is 14.4. The number of methoxy groups -OCH3 is 1. The Hall–Kier alpha value is -2.62. The largest absolute Gasteiger partial charge is 0.468 e. The van der Waals surface area contributed by atoms with Gasteiger partial charge in [0.25, 0.3) is 5.56 Å². The molecule has 1 rings (SSSR count). The van der Waals surface area contributed by atoms with Crippen molar-refractivity contribution in [3.8, 4) is 6.07 Å². The summed E-state index contributed by atoms with van der Waals surface area (Å²) in [6.45, 7) is -0.119. The molecular weight excluding hydrogens is 248 g/mol. The predicted molar refractivity (Wildman–Crippen MR) is 67.9 cm³/mol. The van der Waals surface area contributed by atoms with Gasteiger partial charge in [0, 0.05) is 20.3 Å². The van der Waals surface area contributed by atoms with Gasteiger partial charge >= 0.3 is 5.97 Å². The van der Waals surface area contributed by atoms with Gasteiger partial charge in [-0.15, -0.1) is 0 Å². The number of hydrogen-bond acceptors (Lipinski definition) is 6. The number of ether oxygens (including phenoxy) is 1. The van der Waals surface area contributed by atoms with Gasteiger partial charge in [-0.05, 0) is 6.08 Å². The lowest BCUT2D eigenvalue weighted by atomic mass is 10.2. The van der Waals surface area contributed by atoms with Gasteiger partial charge in [-0.3, -0.25) is 9.59 Å². The van der Waals surface area contributed by atoms with E-state index in [1.54, 1.807) is 37.3 Å². The van der Waals surface area contributed by atoms with Crippen molar-refractivity contribution < 1.29 is 9.53 Å². The quantitative estimate of drug-likeness (QED) is 0.699. The molecular formula is C12H14N4O3. The van der Waals surface area contributed by atoms with E-state index in [1.165, 1.54) is 18.0 Å². The summed E-state index contributed by atoms with van der Waals surface area (Å²) in [7, 11) is 4.86. The van der Waals surface area contributed by atoms with Gasteiger partial charge in [0.15, 0.2) is 0 Å². The molecule has 0 spiro atoms. The van der Waals surface area contributed by atoms with E-state index in [0.717, 1.165) is 0 Å². The second-order valence-electron chi connectivity index (χ2n) is 3.91. The summed E-state index contributed by atoms with van der Waals surface area (Å²) in [6, 6.07) is 1.80. The van der Waals surface area contributed by atoms with Crippen LogP contribution in [0.25, 0.3) is 6.08 Å². The first-order valence-electron chi connectivity index (χ1n) is 5.40. The summed E-state index contributed by atoms with van der Waals surface area (Å²) in [6.07, 6.45) is 4.46. The van der Waals surface area contributed by atoms with Crippen molar-refractivity contribution in [1.82, 2.24) is 14.5 Å². The number of rotatable bonds is 4. The molecule has 0 aromatic carbocycles. The topological polar surface area (TPSA) is 88.2 Å². The smallest absolute Gasteiger partial charge is 0.325 e. The van der Waals surface area contributed by atoms with Crippen LogP contribution in [0, 0.1) is 11.3 Å². The maximum Gasteiger partial charge on any atom is 0.325 e. The van der Waals surface area contributed by atoms with E-state index in [-0.39, 0.29) is 12.1 Å². The lowest BCUT2D eigenvalue weighted by Gasteiger charge is -2.11. The van der Waals surface area contributed by atoms with E-state index in [0.29, 0.717) is 5.69 Å². The minimum Gasteiger partial charge on any atom is -0.468 e. The van der Waals surface area contributed by atoms with E-state index in [4.69, 9.17) is 5.26 Å². The fraction of sp³-hybridized carbons (Fsp3) is 0.333. The lowest BCUT2D eigenvalue weighted by molar-refractivity contribution is -0.141. The second kappa shape index (κ2) is 6.35. The molecule has 1 aromatic heterocycles. The minimum absolute atomic E-state index is 0.107. The number of hydrogen-bond donors (Lipinski definition) is 0. The van der Waals surface area contributed by atoms with Crippen LogP contribution in [0.5, 0.6) is 0 Å². The molecule has 7 heteroatoms. The highest BCUT2D eigenvalue weighted by atomic mass is 16.5. The van der Waals surface area contributed by atoms with E-state index >= 15 is 0 Å². The molecule has 0 N–H and O–H groups in total. The molecule has 100 valence electrons. The van der Waals surface area contributed by atoms with E-state index < -0.39 is 11.5 Å². The van der Waals surface area contributed by atoms with Crippen LogP contribution < -0.4 is 5.56 Å². The average molecular weight is 262 g/mol. The molecule has 1 heterocycles. The summed E-state index contributed by atoms with van der Waals surface area (Å²) >= 11 is 0. The van der Waals surface area contributed by atoms with Crippen LogP contribution in [0.4, 0.5) is 0 Å². The zero-order chi connectivity index (χ0) is 14.4. The van der Waals surface area contributed by atoms with Gasteiger partial charge in [0.05, 0.1) is 19.1 Å². The maximum absolute atomic E-state index is 11.5. The van der Waals surface area contributed by atoms with Gasteiger partial charge in [-0.2, -0.15) is 10.2 Å². The summed E-state index contributed by atoms with van der Waals surface area (Å²) in [5.41, 5.74) is -0.409. The third kappa shape index (κ3) is 3.67. The summed E-state index contributed by atoms with van der Waals surface area (Å²) < 4.78 is 5.95. The van der Waals surface area contributed by atoms with Crippen molar-refractivity contribution in [2.75, 3.05) is 21.2 Å². The highest BCUT2D eigenvalue weighted by molar-refractivity contribution is 5.69. The molecule has 0 aliphatic rings. The Morgan fingerprint density at radius 2 is 2.32 bits per heavy atom. The minimum atomic E-state index is -0.623. The summed E-state index contributed by atoms with van der Waals surface area (Å²) in [4.78, 5) is 28.1. The number of nitrogens with zero attached hydrogens (tertiary/aromatic N) is 4. The average Bonchev–Trinajstić information content (AvgIpc) is 2.38. The highest BCUT2D eigenvalue weighted by Crippen LogP contribution is 2.06. The Kier molecular flexibility index (Phi) is 4.83. The van der Waals surface area contributed by atoms with Crippen molar-refractivity contribution in [1.29, 1.82) is 5.26 Å². The van der Waals surface area contributed by atoms with Crippen LogP contribution in [0.3, 0.4) is 0 Å². The number of nitriles is 1. The van der Waals surface area contributed by atoms with Gasteiger partial charge < -0.3 is 14.2 Å². The first-order valence-corrected chi connectivity index (χ1v) is 5.40. The van der Waals surface area contributed by atoms with Crippen molar-refractivity contribution in [3.05, 3.63) is 34.1 Å². The van der Waals surface area contributed by atoms with Gasteiger partial charge in [0.2, 0.25) is 0 Å². The number of esters is 1. The van der Waals surface area contributed by atoms with Crippen molar-refractivity contribution in [2.24, 2.45) is 0 Å². The van der Waals surface area contributed by atoms with Crippen LogP contribution in [0.1, 0.15) is 11.3 Å². The maximum atomic E-state index is 11.5. The SMILES string of the molecule is COC(=O)Cn1cnc(=O)c(C#N)c1C=CN(C)C. The molecule has 0 amide bonds. The fourth-order valence-corrected chi connectivity index (χ4v) is 1.34. The van der Waals surface area contributed by atoms with Gasteiger partial charge in [-0.25, -0.2) is 0 Å². The molecule has 0 unspecified atom stereocenters. The first-order chi connectivity index (χ1) is 8.99. The van der Waals surface area contributed by atoms with Crippen LogP contribution in [-0.2, 0) is 16.1 Å². The molecule has 0 aliphatic heterocycles. The number of aromatic nitrogens is 2. The molecule has 0 fully saturated rings. The molecule has 0 aliphatic carbocycles. The van der Waals surface area contributed by atoms with E-state index in [1.807, 2.05) is 0 Å². The van der Waals surface area contributed by atoms with Gasteiger partial charge in [-0.1, -0.05) is 0 Å². The normalized spacial score (nSPS) is 10.2. The standard InChI is InChI=1S/C12H14N4O3/c1-15(2)5-4-10-9(6-13)12(18)14-8-16(10)7-11(17)19-3/h4-5,8H,7H2,1-3H3. The van der Waals surface area contributed by atoms with Gasteiger partial charge in [0.1, 0.15) is 18.2 Å². The van der Waals surface area contributed by atoms with Crippen molar-refractivity contribution in [2.45, 2.75) is 6.54 Å². The van der Waals surface area contributed by atoms with Crippen LogP contribution in [-0.4, -0.2) is 41.6 Å². The molecule has 0 radical (unpaired) electrons. The molecule has 19 heavy (non-hydrogen) atoms. The molecule has 0 saturated heterocycles. The van der Waals surface area contributed by atoms with Crippen LogP contribution >= 0.6 is 0 Å². The predicted octanol–water partition coefficient (Wildman–Crippen LogP) is -0.180. The zero-order valence-corrected chi connectivity index (χ0v) is 11.0. The number of carbonyl (C=O) groups excluding carboxylic acids is 1. The Morgan fingerprint density at radius 1 is 1.63 bits per heavy atom. The monoisotopic (exact) mass is 262 g/mol. The Labute approximate surface area is 110 Å². The van der Waals surface area contributed by atoms with E-state index in [2.05, 4.69) is 9.72 Å².